The number of nitrogens with two attached hydrogens (primary N) is 1. The Bertz CT molecular complexity index is 684. The minimum atomic E-state index is -0.675. The van der Waals surface area contributed by atoms with Crippen molar-refractivity contribution in [2.24, 2.45) is 5.92 Å². The first-order valence-electron chi connectivity index (χ1n) is 9.87. The van der Waals surface area contributed by atoms with Crippen molar-refractivity contribution in [3.63, 3.8) is 0 Å². The molecule has 1 aliphatic carbocycles. The van der Waals surface area contributed by atoms with Crippen LogP contribution in [0.4, 0.5) is 5.69 Å². The van der Waals surface area contributed by atoms with E-state index in [-0.39, 0.29) is 30.5 Å². The molecule has 0 spiro atoms. The molecular weight excluding hydrogens is 360 g/mol. The van der Waals surface area contributed by atoms with Crippen LogP contribution in [0.25, 0.3) is 0 Å². The van der Waals surface area contributed by atoms with Gasteiger partial charge < -0.3 is 25.3 Å². The van der Waals surface area contributed by atoms with E-state index in [2.05, 4.69) is 5.32 Å². The zero-order valence-electron chi connectivity index (χ0n) is 17.2. The van der Waals surface area contributed by atoms with Crippen LogP contribution in [0.2, 0.25) is 0 Å². The van der Waals surface area contributed by atoms with Gasteiger partial charge in [0.05, 0.1) is 7.11 Å². The lowest BCUT2D eigenvalue weighted by Crippen LogP contribution is -2.45. The fourth-order valence-corrected chi connectivity index (χ4v) is 3.42. The van der Waals surface area contributed by atoms with E-state index in [9.17, 15) is 9.59 Å². The number of nitrogen functional groups attached to an aromatic ring is 1. The summed E-state index contributed by atoms with van der Waals surface area (Å²) in [4.78, 5) is 24.9. The van der Waals surface area contributed by atoms with Crippen LogP contribution in [-0.4, -0.2) is 37.7 Å². The molecule has 0 heterocycles. The van der Waals surface area contributed by atoms with E-state index >= 15 is 0 Å². The van der Waals surface area contributed by atoms with Crippen molar-refractivity contribution >= 4 is 17.6 Å². The molecule has 0 unspecified atom stereocenters. The van der Waals surface area contributed by atoms with Gasteiger partial charge in [-0.05, 0) is 56.6 Å². The number of aryl methyl sites for hydroxylation is 1. The van der Waals surface area contributed by atoms with E-state index in [1.165, 1.54) is 7.11 Å². The highest BCUT2D eigenvalue weighted by Crippen LogP contribution is 2.33. The van der Waals surface area contributed by atoms with Crippen LogP contribution in [0.1, 0.15) is 51.5 Å². The second-order valence-corrected chi connectivity index (χ2v) is 7.75. The lowest BCUT2D eigenvalue weighted by Gasteiger charge is -2.22. The van der Waals surface area contributed by atoms with Crippen LogP contribution in [0.15, 0.2) is 12.1 Å². The highest BCUT2D eigenvalue weighted by atomic mass is 16.5. The van der Waals surface area contributed by atoms with E-state index in [0.29, 0.717) is 23.6 Å². The Labute approximate surface area is 166 Å². The summed E-state index contributed by atoms with van der Waals surface area (Å²) in [6.45, 7) is 5.60. The molecule has 1 saturated carbocycles. The van der Waals surface area contributed by atoms with E-state index in [4.69, 9.17) is 19.9 Å². The predicted molar refractivity (Wildman–Crippen MR) is 107 cm³/mol. The number of ether oxygens (including phenoxy) is 3. The number of methoxy groups -OCH3 is 1. The van der Waals surface area contributed by atoms with Crippen molar-refractivity contribution < 1.29 is 23.8 Å². The Hall–Kier alpha value is -2.44. The molecule has 1 aromatic rings. The van der Waals surface area contributed by atoms with Crippen molar-refractivity contribution in [2.45, 2.75) is 65.0 Å². The maximum absolute atomic E-state index is 12.5. The summed E-state index contributed by atoms with van der Waals surface area (Å²) in [6.07, 6.45) is 4.44. The standard InChI is InChI=1S/C21H32N2O5/c1-13(2)9-17(21(25)28-16-7-5-6-8-16)23-19(24)12-27-20-14(3)10-15(22)11-18(20)26-4/h10-11,13,16-17H,5-9,12,22H2,1-4H3,(H,23,24)/t17-/m0/s1. The van der Waals surface area contributed by atoms with Crippen LogP contribution in [0.3, 0.4) is 0 Å². The van der Waals surface area contributed by atoms with Crippen molar-refractivity contribution in [3.05, 3.63) is 17.7 Å². The van der Waals surface area contributed by atoms with Crippen molar-refractivity contribution in [2.75, 3.05) is 19.5 Å². The molecule has 1 fully saturated rings. The van der Waals surface area contributed by atoms with Gasteiger partial charge in [0.25, 0.3) is 5.91 Å². The number of benzene rings is 1. The molecule has 156 valence electrons. The molecule has 7 nitrogen and oxygen atoms in total. The van der Waals surface area contributed by atoms with Crippen LogP contribution in [0, 0.1) is 12.8 Å². The summed E-state index contributed by atoms with van der Waals surface area (Å²) in [5.41, 5.74) is 7.13. The molecule has 1 amide bonds. The first-order valence-corrected chi connectivity index (χ1v) is 9.87. The highest BCUT2D eigenvalue weighted by molar-refractivity contribution is 5.85. The SMILES string of the molecule is COc1cc(N)cc(C)c1OCC(=O)N[C@@H](CC(C)C)C(=O)OC1CCCC1. The van der Waals surface area contributed by atoms with Gasteiger partial charge in [-0.1, -0.05) is 13.8 Å². The van der Waals surface area contributed by atoms with E-state index in [1.807, 2.05) is 20.8 Å². The van der Waals surface area contributed by atoms with Gasteiger partial charge >= 0.3 is 5.97 Å². The van der Waals surface area contributed by atoms with Gasteiger partial charge in [0.15, 0.2) is 18.1 Å². The lowest BCUT2D eigenvalue weighted by molar-refractivity contribution is -0.153. The number of nitrogens with one attached hydrogen (secondary N) is 1. The molecular formula is C21H32N2O5. The largest absolute Gasteiger partial charge is 0.493 e. The Balaban J connectivity index is 1.96. The number of hydrogen-bond donors (Lipinski definition) is 2. The number of esters is 1. The molecule has 0 bridgehead atoms. The highest BCUT2D eigenvalue weighted by Gasteiger charge is 2.27. The van der Waals surface area contributed by atoms with Gasteiger partial charge in [-0.15, -0.1) is 0 Å². The van der Waals surface area contributed by atoms with Gasteiger partial charge in [-0.2, -0.15) is 0 Å². The molecule has 7 heteroatoms. The minimum absolute atomic E-state index is 0.0306. The summed E-state index contributed by atoms with van der Waals surface area (Å²) >= 11 is 0. The molecule has 28 heavy (non-hydrogen) atoms. The summed E-state index contributed by atoms with van der Waals surface area (Å²) in [6, 6.07) is 2.71. The average Bonchev–Trinajstić information content (AvgIpc) is 3.12. The fourth-order valence-electron chi connectivity index (χ4n) is 3.42. The van der Waals surface area contributed by atoms with Crippen molar-refractivity contribution in [1.29, 1.82) is 0 Å². The first kappa shape index (κ1) is 21.9. The molecule has 0 aromatic heterocycles. The van der Waals surface area contributed by atoms with E-state index in [1.54, 1.807) is 12.1 Å². The Morgan fingerprint density at radius 2 is 1.93 bits per heavy atom. The number of anilines is 1. The monoisotopic (exact) mass is 392 g/mol. The van der Waals surface area contributed by atoms with Crippen LogP contribution in [0.5, 0.6) is 11.5 Å². The maximum atomic E-state index is 12.5. The molecule has 0 radical (unpaired) electrons. The smallest absolute Gasteiger partial charge is 0.328 e. The van der Waals surface area contributed by atoms with Crippen molar-refractivity contribution in [3.8, 4) is 11.5 Å². The van der Waals surface area contributed by atoms with Gasteiger partial charge in [-0.25, -0.2) is 4.79 Å². The lowest BCUT2D eigenvalue weighted by atomic mass is 10.0. The summed E-state index contributed by atoms with van der Waals surface area (Å²) in [5.74, 6) is 0.412. The average molecular weight is 392 g/mol. The zero-order valence-corrected chi connectivity index (χ0v) is 17.2. The Kier molecular flexibility index (Phi) is 7.96. The number of hydrogen-bond acceptors (Lipinski definition) is 6. The Morgan fingerprint density at radius 1 is 1.25 bits per heavy atom. The molecule has 1 aromatic carbocycles. The van der Waals surface area contributed by atoms with Crippen LogP contribution >= 0.6 is 0 Å². The molecule has 1 atom stereocenters. The van der Waals surface area contributed by atoms with Gasteiger partial charge in [0.2, 0.25) is 0 Å². The van der Waals surface area contributed by atoms with E-state index < -0.39 is 6.04 Å². The van der Waals surface area contributed by atoms with Crippen molar-refractivity contribution in [1.82, 2.24) is 5.32 Å². The van der Waals surface area contributed by atoms with Gasteiger partial charge in [0, 0.05) is 11.8 Å². The topological polar surface area (TPSA) is 99.9 Å². The number of carbonyl (C=O) groups excluding carboxylic acids is 2. The third kappa shape index (κ3) is 6.32. The Morgan fingerprint density at radius 3 is 2.54 bits per heavy atom. The predicted octanol–water partition coefficient (Wildman–Crippen LogP) is 2.98. The summed E-state index contributed by atoms with van der Waals surface area (Å²) < 4.78 is 16.5. The quantitative estimate of drug-likeness (QED) is 0.495. The number of rotatable bonds is 9. The zero-order chi connectivity index (χ0) is 20.7. The second kappa shape index (κ2) is 10.2. The second-order valence-electron chi connectivity index (χ2n) is 7.75. The summed E-state index contributed by atoms with van der Waals surface area (Å²) in [7, 11) is 1.51. The number of amides is 1. The molecule has 1 aliphatic rings. The maximum Gasteiger partial charge on any atom is 0.328 e. The van der Waals surface area contributed by atoms with Gasteiger partial charge in [-0.3, -0.25) is 4.79 Å². The molecule has 3 N–H and O–H groups in total. The van der Waals surface area contributed by atoms with E-state index in [0.717, 1.165) is 31.2 Å². The minimum Gasteiger partial charge on any atom is -0.493 e. The summed E-state index contributed by atoms with van der Waals surface area (Å²) in [5, 5.41) is 2.76. The van der Waals surface area contributed by atoms with Gasteiger partial charge in [0.1, 0.15) is 12.1 Å². The molecule has 0 aliphatic heterocycles. The number of carbonyl (C=O) groups is 2. The first-order chi connectivity index (χ1) is 13.3. The third-order valence-corrected chi connectivity index (χ3v) is 4.74. The van der Waals surface area contributed by atoms with Crippen LogP contribution in [-0.2, 0) is 14.3 Å². The normalized spacial score (nSPS) is 15.3. The van der Waals surface area contributed by atoms with Crippen LogP contribution < -0.4 is 20.5 Å². The molecule has 2 rings (SSSR count). The third-order valence-electron chi connectivity index (χ3n) is 4.74. The molecule has 0 saturated heterocycles. The fraction of sp³-hybridized carbons (Fsp3) is 0.619.